The average molecular weight is 422 g/mol. The molecule has 29 heavy (non-hydrogen) atoms. The first-order chi connectivity index (χ1) is 13.7. The molecule has 0 aliphatic carbocycles. The zero-order chi connectivity index (χ0) is 21.2. The van der Waals surface area contributed by atoms with Crippen LogP contribution in [0.25, 0.3) is 0 Å². The van der Waals surface area contributed by atoms with Crippen LogP contribution in [0.3, 0.4) is 0 Å². The Labute approximate surface area is 166 Å². The lowest BCUT2D eigenvalue weighted by atomic mass is 10.1. The molecule has 0 N–H and O–H groups in total. The van der Waals surface area contributed by atoms with Gasteiger partial charge in [0.25, 0.3) is 10.0 Å². The normalized spacial score (nSPS) is 11.3. The van der Waals surface area contributed by atoms with Crippen molar-refractivity contribution in [2.45, 2.75) is 18.4 Å². The second-order valence-electron chi connectivity index (χ2n) is 6.21. The number of benzene rings is 2. The van der Waals surface area contributed by atoms with Crippen LogP contribution in [0.4, 0.5) is 19.0 Å². The van der Waals surface area contributed by atoms with Crippen molar-refractivity contribution in [2.24, 2.45) is 0 Å². The average Bonchev–Trinajstić information content (AvgIpc) is 2.66. The Bertz CT molecular complexity index is 1120. The number of aromatic nitrogens is 1. The van der Waals surface area contributed by atoms with E-state index in [1.165, 1.54) is 25.4 Å². The molecule has 0 saturated carbocycles. The van der Waals surface area contributed by atoms with Crippen molar-refractivity contribution in [3.63, 3.8) is 0 Å². The van der Waals surface area contributed by atoms with Crippen molar-refractivity contribution in [3.05, 3.63) is 83.3 Å². The number of hydrogen-bond acceptors (Lipinski definition) is 4. The fraction of sp³-hybridized carbons (Fsp3) is 0.150. The van der Waals surface area contributed by atoms with Gasteiger partial charge < -0.3 is 4.74 Å². The van der Waals surface area contributed by atoms with Gasteiger partial charge in [-0.25, -0.2) is 30.9 Å². The van der Waals surface area contributed by atoms with Crippen molar-refractivity contribution in [3.8, 4) is 5.75 Å². The van der Waals surface area contributed by atoms with Gasteiger partial charge in [-0.05, 0) is 30.7 Å². The third-order valence-electron chi connectivity index (χ3n) is 4.17. The molecule has 0 aliphatic rings. The van der Waals surface area contributed by atoms with Crippen LogP contribution >= 0.6 is 0 Å². The molecule has 3 rings (SSSR count). The van der Waals surface area contributed by atoms with Gasteiger partial charge in [0.1, 0.15) is 29.0 Å². The molecule has 1 aromatic heterocycles. The van der Waals surface area contributed by atoms with Crippen LogP contribution in [0.15, 0.2) is 59.6 Å². The van der Waals surface area contributed by atoms with E-state index >= 15 is 0 Å². The summed E-state index contributed by atoms with van der Waals surface area (Å²) in [6, 6.07) is 10.2. The smallest absolute Gasteiger partial charge is 0.271 e. The van der Waals surface area contributed by atoms with Gasteiger partial charge in [0.15, 0.2) is 4.90 Å². The molecular formula is C20H17F3N2O3S. The highest BCUT2D eigenvalue weighted by Gasteiger charge is 2.33. The Kier molecular flexibility index (Phi) is 5.78. The minimum absolute atomic E-state index is 0.0572. The van der Waals surface area contributed by atoms with Crippen molar-refractivity contribution in [1.29, 1.82) is 0 Å². The Morgan fingerprint density at radius 2 is 1.72 bits per heavy atom. The molecule has 3 aromatic rings. The molecule has 0 bridgehead atoms. The van der Waals surface area contributed by atoms with E-state index in [2.05, 4.69) is 4.98 Å². The molecule has 9 heteroatoms. The summed E-state index contributed by atoms with van der Waals surface area (Å²) in [5.74, 6) is -3.93. The standard InChI is InChI=1S/C20H17F3N2O3S/c1-13-6-7-14(18(9-13)28-2)12-25(19-5-3-4-8-24-19)29(26,27)20-16(22)10-15(21)11-17(20)23/h3-11H,12H2,1-2H3. The fourth-order valence-corrected chi connectivity index (χ4v) is 4.31. The van der Waals surface area contributed by atoms with E-state index in [0.29, 0.717) is 23.4 Å². The topological polar surface area (TPSA) is 59.5 Å². The number of rotatable bonds is 6. The largest absolute Gasteiger partial charge is 0.496 e. The number of pyridine rings is 1. The molecule has 5 nitrogen and oxygen atoms in total. The summed E-state index contributed by atoms with van der Waals surface area (Å²) in [5.41, 5.74) is 1.34. The number of halogens is 3. The van der Waals surface area contributed by atoms with E-state index in [1.54, 1.807) is 24.3 Å². The minimum atomic E-state index is -4.77. The number of hydrogen-bond donors (Lipinski definition) is 0. The molecule has 0 spiro atoms. The van der Waals surface area contributed by atoms with Gasteiger partial charge in [-0.1, -0.05) is 18.2 Å². The quantitative estimate of drug-likeness (QED) is 0.597. The zero-order valence-electron chi connectivity index (χ0n) is 15.6. The summed E-state index contributed by atoms with van der Waals surface area (Å²) < 4.78 is 74.3. The first kappa shape index (κ1) is 20.7. The fourth-order valence-electron chi connectivity index (χ4n) is 2.81. The van der Waals surface area contributed by atoms with Crippen molar-refractivity contribution in [1.82, 2.24) is 4.98 Å². The third-order valence-corrected chi connectivity index (χ3v) is 5.97. The summed E-state index contributed by atoms with van der Waals surface area (Å²) in [7, 11) is -3.34. The van der Waals surface area contributed by atoms with Crippen molar-refractivity contribution < 1.29 is 26.3 Å². The molecule has 152 valence electrons. The first-order valence-corrected chi connectivity index (χ1v) is 9.90. The molecule has 0 aliphatic heterocycles. The number of ether oxygens (including phenoxy) is 1. The molecule has 0 unspecified atom stereocenters. The summed E-state index contributed by atoms with van der Waals surface area (Å²) in [4.78, 5) is 2.75. The number of methoxy groups -OCH3 is 1. The molecule has 1 heterocycles. The van der Waals surface area contributed by atoms with Gasteiger partial charge in [0.05, 0.1) is 13.7 Å². The van der Waals surface area contributed by atoms with Crippen LogP contribution in [0.2, 0.25) is 0 Å². The number of aryl methyl sites for hydroxylation is 1. The Hall–Kier alpha value is -3.07. The SMILES string of the molecule is COc1cc(C)ccc1CN(c1ccccn1)S(=O)(=O)c1c(F)cc(F)cc1F. The van der Waals surface area contributed by atoms with Crippen molar-refractivity contribution >= 4 is 15.8 Å². The monoisotopic (exact) mass is 422 g/mol. The van der Waals surface area contributed by atoms with E-state index in [0.717, 1.165) is 9.87 Å². The van der Waals surface area contributed by atoms with Crippen molar-refractivity contribution in [2.75, 3.05) is 11.4 Å². The molecule has 0 atom stereocenters. The van der Waals surface area contributed by atoms with Gasteiger partial charge in [-0.15, -0.1) is 0 Å². The summed E-state index contributed by atoms with van der Waals surface area (Å²) in [6.45, 7) is 1.53. The van der Waals surface area contributed by atoms with Crippen LogP contribution in [0.5, 0.6) is 5.75 Å². The van der Waals surface area contributed by atoms with Crippen LogP contribution in [-0.4, -0.2) is 20.5 Å². The Morgan fingerprint density at radius 3 is 2.31 bits per heavy atom. The van der Waals surface area contributed by atoms with E-state index in [-0.39, 0.29) is 12.4 Å². The third kappa shape index (κ3) is 4.19. The van der Waals surface area contributed by atoms with Gasteiger partial charge >= 0.3 is 0 Å². The molecule has 0 radical (unpaired) electrons. The van der Waals surface area contributed by atoms with Gasteiger partial charge in [0, 0.05) is 23.9 Å². The zero-order valence-corrected chi connectivity index (χ0v) is 16.4. The maximum Gasteiger partial charge on any atom is 0.271 e. The van der Waals surface area contributed by atoms with Crippen LogP contribution in [0, 0.1) is 24.4 Å². The second kappa shape index (κ2) is 8.12. The lowest BCUT2D eigenvalue weighted by Crippen LogP contribution is -2.33. The minimum Gasteiger partial charge on any atom is -0.496 e. The molecule has 0 saturated heterocycles. The number of anilines is 1. The van der Waals surface area contributed by atoms with E-state index in [1.807, 2.05) is 6.92 Å². The van der Waals surface area contributed by atoms with Crippen LogP contribution in [0.1, 0.15) is 11.1 Å². The lowest BCUT2D eigenvalue weighted by Gasteiger charge is -2.25. The summed E-state index contributed by atoms with van der Waals surface area (Å²) in [6.07, 6.45) is 1.35. The predicted octanol–water partition coefficient (Wildman–Crippen LogP) is 4.21. The molecule has 2 aromatic carbocycles. The van der Waals surface area contributed by atoms with Gasteiger partial charge in [0.2, 0.25) is 0 Å². The predicted molar refractivity (Wildman–Crippen MR) is 102 cm³/mol. The highest BCUT2D eigenvalue weighted by Crippen LogP contribution is 2.30. The Balaban J connectivity index is 2.18. The second-order valence-corrected chi connectivity index (χ2v) is 8.01. The van der Waals surface area contributed by atoms with E-state index in [9.17, 15) is 21.6 Å². The van der Waals surface area contributed by atoms with Gasteiger partial charge in [-0.3, -0.25) is 0 Å². The highest BCUT2D eigenvalue weighted by atomic mass is 32.2. The Morgan fingerprint density at radius 1 is 1.03 bits per heavy atom. The van der Waals surface area contributed by atoms with Gasteiger partial charge in [-0.2, -0.15) is 0 Å². The maximum absolute atomic E-state index is 14.3. The number of sulfonamides is 1. The summed E-state index contributed by atoms with van der Waals surface area (Å²) >= 11 is 0. The molecular weight excluding hydrogens is 405 g/mol. The van der Waals surface area contributed by atoms with E-state index < -0.39 is 32.4 Å². The molecule has 0 fully saturated rings. The summed E-state index contributed by atoms with van der Waals surface area (Å²) in [5, 5.41) is 0. The maximum atomic E-state index is 14.3. The lowest BCUT2D eigenvalue weighted by molar-refractivity contribution is 0.409. The first-order valence-electron chi connectivity index (χ1n) is 8.46. The number of nitrogens with zero attached hydrogens (tertiary/aromatic N) is 2. The molecule has 0 amide bonds. The highest BCUT2D eigenvalue weighted by molar-refractivity contribution is 7.92. The van der Waals surface area contributed by atoms with Crippen LogP contribution < -0.4 is 9.04 Å². The van der Waals surface area contributed by atoms with E-state index in [4.69, 9.17) is 4.74 Å². The van der Waals surface area contributed by atoms with Crippen LogP contribution in [-0.2, 0) is 16.6 Å².